The number of imidazole rings is 1. The Hall–Kier alpha value is -1.56. The summed E-state index contributed by atoms with van der Waals surface area (Å²) in [6.07, 6.45) is 4.70. The highest BCUT2D eigenvalue weighted by Crippen LogP contribution is 2.28. The number of aliphatic hydroxyl groups excluding tert-OH is 1. The van der Waals surface area contributed by atoms with E-state index in [0.717, 1.165) is 19.4 Å². The maximum atomic E-state index is 12.2. The smallest absolute Gasteiger partial charge is 0.317 e. The third kappa shape index (κ3) is 3.97. The van der Waals surface area contributed by atoms with Crippen LogP contribution in [0.4, 0.5) is 4.79 Å². The molecular weight excluding hydrogens is 268 g/mol. The number of nitrogens with zero attached hydrogens (tertiary/aromatic N) is 3. The van der Waals surface area contributed by atoms with Crippen LogP contribution in [0.25, 0.3) is 0 Å². The Morgan fingerprint density at radius 3 is 2.81 bits per heavy atom. The summed E-state index contributed by atoms with van der Waals surface area (Å²) in [6, 6.07) is -0.0563. The van der Waals surface area contributed by atoms with Crippen molar-refractivity contribution in [2.45, 2.75) is 45.3 Å². The molecule has 1 fully saturated rings. The predicted molar refractivity (Wildman–Crippen MR) is 80.7 cm³/mol. The van der Waals surface area contributed by atoms with Gasteiger partial charge in [-0.3, -0.25) is 0 Å². The minimum atomic E-state index is -0.629. The monoisotopic (exact) mass is 294 g/mol. The van der Waals surface area contributed by atoms with Crippen LogP contribution >= 0.6 is 0 Å². The maximum Gasteiger partial charge on any atom is 0.317 e. The largest absolute Gasteiger partial charge is 0.385 e. The highest BCUT2D eigenvalue weighted by Gasteiger charge is 2.31. The fourth-order valence-corrected chi connectivity index (χ4v) is 2.72. The van der Waals surface area contributed by atoms with Crippen molar-refractivity contribution in [3.8, 4) is 0 Å². The zero-order chi connectivity index (χ0) is 15.6. The summed E-state index contributed by atoms with van der Waals surface area (Å²) in [5.74, 6) is 0.698. The molecule has 0 saturated carbocycles. The van der Waals surface area contributed by atoms with E-state index < -0.39 is 6.10 Å². The number of carbonyl (C=O) groups excluding carboxylic acids is 1. The number of likely N-dealkylation sites (tertiary alicyclic amines) is 1. The Bertz CT molecular complexity index is 492. The second-order valence-corrected chi connectivity index (χ2v) is 6.87. The van der Waals surface area contributed by atoms with E-state index >= 15 is 0 Å². The average Bonchev–Trinajstić information content (AvgIpc) is 2.82. The summed E-state index contributed by atoms with van der Waals surface area (Å²) in [5, 5.41) is 13.5. The van der Waals surface area contributed by atoms with Crippen LogP contribution in [0.2, 0.25) is 0 Å². The van der Waals surface area contributed by atoms with E-state index in [9.17, 15) is 9.90 Å². The van der Waals surface area contributed by atoms with Gasteiger partial charge in [0.2, 0.25) is 0 Å². The van der Waals surface area contributed by atoms with Crippen molar-refractivity contribution in [2.75, 3.05) is 13.1 Å². The van der Waals surface area contributed by atoms with E-state index in [1.165, 1.54) is 0 Å². The number of aliphatic hydroxyl groups is 1. The summed E-state index contributed by atoms with van der Waals surface area (Å²) in [7, 11) is 1.87. The summed E-state index contributed by atoms with van der Waals surface area (Å²) in [5.41, 5.74) is -0.248. The van der Waals surface area contributed by atoms with Crippen molar-refractivity contribution in [3.63, 3.8) is 0 Å². The SMILES string of the molecule is Cn1ccnc1C(O)C1CCCN(C(=O)NC(C)(C)C)C1. The first-order valence-electron chi connectivity index (χ1n) is 7.50. The van der Waals surface area contributed by atoms with Crippen LogP contribution in [0.1, 0.15) is 45.5 Å². The second-order valence-electron chi connectivity index (χ2n) is 6.87. The molecule has 2 atom stereocenters. The molecule has 1 saturated heterocycles. The molecule has 1 aromatic heterocycles. The van der Waals surface area contributed by atoms with Gasteiger partial charge in [0.25, 0.3) is 0 Å². The molecule has 0 aromatic carbocycles. The number of aromatic nitrogens is 2. The van der Waals surface area contributed by atoms with Crippen molar-refractivity contribution in [1.82, 2.24) is 19.8 Å². The van der Waals surface area contributed by atoms with Crippen LogP contribution in [-0.4, -0.2) is 44.2 Å². The van der Waals surface area contributed by atoms with Gasteiger partial charge in [-0.1, -0.05) is 0 Å². The Balaban J connectivity index is 2.01. The molecule has 6 heteroatoms. The lowest BCUT2D eigenvalue weighted by atomic mass is 9.92. The summed E-state index contributed by atoms with van der Waals surface area (Å²) in [4.78, 5) is 18.3. The fourth-order valence-electron chi connectivity index (χ4n) is 2.72. The lowest BCUT2D eigenvalue weighted by Gasteiger charge is -2.36. The van der Waals surface area contributed by atoms with E-state index in [4.69, 9.17) is 0 Å². The van der Waals surface area contributed by atoms with Gasteiger partial charge in [0.05, 0.1) is 0 Å². The number of nitrogens with one attached hydrogen (secondary N) is 1. The predicted octanol–water partition coefficient (Wildman–Crippen LogP) is 1.67. The van der Waals surface area contributed by atoms with Crippen molar-refractivity contribution in [2.24, 2.45) is 13.0 Å². The van der Waals surface area contributed by atoms with Crippen LogP contribution in [0.3, 0.4) is 0 Å². The molecule has 1 aromatic rings. The molecule has 2 N–H and O–H groups in total. The number of hydrogen-bond acceptors (Lipinski definition) is 3. The molecule has 0 aliphatic carbocycles. The molecule has 0 radical (unpaired) electrons. The van der Waals surface area contributed by atoms with E-state index in [2.05, 4.69) is 10.3 Å². The van der Waals surface area contributed by atoms with Crippen molar-refractivity contribution >= 4 is 6.03 Å². The van der Waals surface area contributed by atoms with E-state index in [1.807, 2.05) is 38.6 Å². The number of urea groups is 1. The Morgan fingerprint density at radius 1 is 1.52 bits per heavy atom. The first-order chi connectivity index (χ1) is 9.78. The first-order valence-corrected chi connectivity index (χ1v) is 7.50. The van der Waals surface area contributed by atoms with Gasteiger partial charge in [-0.25, -0.2) is 9.78 Å². The van der Waals surface area contributed by atoms with E-state index in [-0.39, 0.29) is 17.5 Å². The molecule has 1 aliphatic heterocycles. The molecule has 0 spiro atoms. The molecule has 2 amide bonds. The van der Waals surface area contributed by atoms with E-state index in [1.54, 1.807) is 11.1 Å². The minimum Gasteiger partial charge on any atom is -0.385 e. The zero-order valence-electron chi connectivity index (χ0n) is 13.3. The molecule has 2 heterocycles. The van der Waals surface area contributed by atoms with Crippen molar-refractivity contribution in [1.29, 1.82) is 0 Å². The fraction of sp³-hybridized carbons (Fsp3) is 0.733. The third-order valence-corrected chi connectivity index (χ3v) is 3.80. The summed E-state index contributed by atoms with van der Waals surface area (Å²) >= 11 is 0. The molecule has 2 unspecified atom stereocenters. The van der Waals surface area contributed by atoms with Gasteiger partial charge in [0, 0.05) is 44.0 Å². The van der Waals surface area contributed by atoms with Crippen LogP contribution < -0.4 is 5.32 Å². The van der Waals surface area contributed by atoms with Crippen LogP contribution in [0.15, 0.2) is 12.4 Å². The average molecular weight is 294 g/mol. The Labute approximate surface area is 126 Å². The summed E-state index contributed by atoms with van der Waals surface area (Å²) in [6.45, 7) is 7.21. The second kappa shape index (κ2) is 6.05. The number of hydrogen-bond donors (Lipinski definition) is 2. The quantitative estimate of drug-likeness (QED) is 0.871. The molecule has 118 valence electrons. The number of amides is 2. The molecular formula is C15H26N4O2. The highest BCUT2D eigenvalue weighted by atomic mass is 16.3. The van der Waals surface area contributed by atoms with Crippen molar-refractivity contribution in [3.05, 3.63) is 18.2 Å². The van der Waals surface area contributed by atoms with Gasteiger partial charge in [-0.2, -0.15) is 0 Å². The maximum absolute atomic E-state index is 12.2. The third-order valence-electron chi connectivity index (χ3n) is 3.80. The van der Waals surface area contributed by atoms with Crippen molar-refractivity contribution < 1.29 is 9.90 Å². The first kappa shape index (κ1) is 15.8. The standard InChI is InChI=1S/C15H26N4O2/c1-15(2,3)17-14(21)19-8-5-6-11(10-19)12(20)13-16-7-9-18(13)4/h7,9,11-12,20H,5-6,8,10H2,1-4H3,(H,17,21). The number of rotatable bonds is 2. The number of aryl methyl sites for hydroxylation is 1. The highest BCUT2D eigenvalue weighted by molar-refractivity contribution is 5.75. The van der Waals surface area contributed by atoms with Gasteiger partial charge in [-0.15, -0.1) is 0 Å². The Kier molecular flexibility index (Phi) is 4.56. The number of piperidine rings is 1. The van der Waals surface area contributed by atoms with E-state index in [0.29, 0.717) is 12.4 Å². The normalized spacial score (nSPS) is 21.2. The van der Waals surface area contributed by atoms with Gasteiger partial charge in [0.15, 0.2) is 0 Å². The molecule has 21 heavy (non-hydrogen) atoms. The van der Waals surface area contributed by atoms with Gasteiger partial charge < -0.3 is 19.9 Å². The molecule has 0 bridgehead atoms. The molecule has 1 aliphatic rings. The minimum absolute atomic E-state index is 0.0329. The Morgan fingerprint density at radius 2 is 2.24 bits per heavy atom. The number of carbonyl (C=O) groups is 1. The van der Waals surface area contributed by atoms with Crippen LogP contribution in [0, 0.1) is 5.92 Å². The summed E-state index contributed by atoms with van der Waals surface area (Å²) < 4.78 is 1.83. The van der Waals surface area contributed by atoms with Gasteiger partial charge in [0.1, 0.15) is 11.9 Å². The zero-order valence-corrected chi connectivity index (χ0v) is 13.3. The lowest BCUT2D eigenvalue weighted by Crippen LogP contribution is -2.52. The topological polar surface area (TPSA) is 70.4 Å². The lowest BCUT2D eigenvalue weighted by molar-refractivity contribution is 0.0523. The molecule has 6 nitrogen and oxygen atoms in total. The van der Waals surface area contributed by atoms with Gasteiger partial charge in [-0.05, 0) is 33.6 Å². The van der Waals surface area contributed by atoms with Crippen LogP contribution in [0.5, 0.6) is 0 Å². The van der Waals surface area contributed by atoms with Gasteiger partial charge >= 0.3 is 6.03 Å². The van der Waals surface area contributed by atoms with Crippen LogP contribution in [-0.2, 0) is 7.05 Å². The molecule has 2 rings (SSSR count).